The van der Waals surface area contributed by atoms with Gasteiger partial charge < -0.3 is 99.9 Å². The molecule has 8 heterocycles. The van der Waals surface area contributed by atoms with Gasteiger partial charge in [0, 0.05) is 26.7 Å². The number of phosphoric acid groups is 4. The third-order valence-corrected chi connectivity index (χ3v) is 18.8. The second-order valence-electron chi connectivity index (χ2n) is 19.9. The van der Waals surface area contributed by atoms with Crippen molar-refractivity contribution in [3.8, 4) is 0 Å². The number of hydrogen-bond acceptors (Lipinski definition) is 35. The van der Waals surface area contributed by atoms with Gasteiger partial charge in [-0.15, -0.1) is 0 Å². The van der Waals surface area contributed by atoms with Crippen LogP contribution in [0.3, 0.4) is 0 Å². The summed E-state index contributed by atoms with van der Waals surface area (Å²) in [5.74, 6) is -3.71. The maximum atomic E-state index is 15.0. The molecule has 0 bridgehead atoms. The van der Waals surface area contributed by atoms with E-state index in [1.165, 1.54) is 0 Å². The van der Waals surface area contributed by atoms with E-state index in [2.05, 4.69) is 47.6 Å². The number of nitrogens with two attached hydrogens (primary N) is 2. The molecule has 500 valence electrons. The SMILES string of the molecule is CC(=O)OC[C@@H](OC(C)=O)C1O[C@@H](OP(=O)(O)OP(=O)(O)OC[C@H]2O[C@@H](n3cnc4c(N)ncnc43)C(O)[C@@H]2F)C(OC(C)=O)[C@@H](C)[C@@H]1C.Nc1ncnc2c1ncn2[C@@H]1O[C@H](COP(=O)(O)OP(=O)(O)O[C@@H]2OC([C@H](O)CO)[C@@H](O)[C@H](O)C2O)[C@@H](F)C1O. The number of halogens is 2. The zero-order chi connectivity index (χ0) is 66.0. The van der Waals surface area contributed by atoms with Crippen LogP contribution in [0.4, 0.5) is 20.4 Å². The fraction of sp³-hybridized carbons (Fsp3) is 0.690. The van der Waals surface area contributed by atoms with Gasteiger partial charge in [-0.05, 0) is 5.92 Å². The fourth-order valence-corrected chi connectivity index (χ4v) is 13.6. The Morgan fingerprint density at radius 1 is 0.618 bits per heavy atom. The lowest BCUT2D eigenvalue weighted by molar-refractivity contribution is -0.292. The van der Waals surface area contributed by atoms with E-state index in [1.807, 2.05) is 0 Å². The van der Waals surface area contributed by atoms with Gasteiger partial charge in [0.2, 0.25) is 6.29 Å². The summed E-state index contributed by atoms with van der Waals surface area (Å²) in [4.78, 5) is 99.1. The first kappa shape index (κ1) is 71.5. The van der Waals surface area contributed by atoms with Gasteiger partial charge in [-0.3, -0.25) is 41.6 Å². The number of carbonyl (C=O) groups excluding carboxylic acids is 3. The van der Waals surface area contributed by atoms with Crippen molar-refractivity contribution >= 4 is 83.2 Å². The van der Waals surface area contributed by atoms with Crippen molar-refractivity contribution in [1.82, 2.24) is 39.0 Å². The van der Waals surface area contributed by atoms with Crippen molar-refractivity contribution in [2.45, 2.75) is 145 Å². The van der Waals surface area contributed by atoms with Gasteiger partial charge in [-0.25, -0.2) is 56.9 Å². The molecule has 24 atom stereocenters. The highest BCUT2D eigenvalue weighted by atomic mass is 31.3. The van der Waals surface area contributed by atoms with Crippen LogP contribution in [0, 0.1) is 11.8 Å². The topological polar surface area (TPSA) is 601 Å². The number of esters is 3. The summed E-state index contributed by atoms with van der Waals surface area (Å²) in [6.07, 6.45) is -28.0. The summed E-state index contributed by atoms with van der Waals surface area (Å²) >= 11 is 0. The Balaban J connectivity index is 0.000000259. The third kappa shape index (κ3) is 17.2. The molecule has 4 fully saturated rings. The molecular formula is C42H62F2N10O31P4. The van der Waals surface area contributed by atoms with Gasteiger partial charge in [-0.2, -0.15) is 8.62 Å². The number of ether oxygens (including phenoxy) is 7. The first-order valence-electron chi connectivity index (χ1n) is 25.8. The van der Waals surface area contributed by atoms with Crippen LogP contribution in [-0.2, 0) is 92.5 Å². The molecule has 47 heteroatoms. The molecule has 0 aromatic carbocycles. The van der Waals surface area contributed by atoms with Gasteiger partial charge >= 0.3 is 49.2 Å². The van der Waals surface area contributed by atoms with E-state index >= 15 is 4.39 Å². The Morgan fingerprint density at radius 2 is 1.08 bits per heavy atom. The molecule has 4 aliphatic rings. The van der Waals surface area contributed by atoms with Crippen molar-refractivity contribution in [2.24, 2.45) is 11.8 Å². The van der Waals surface area contributed by atoms with Crippen LogP contribution in [0.15, 0.2) is 25.3 Å². The number of fused-ring (bicyclic) bond motifs is 2. The standard InChI is InChI=1S/C25H36FN5O16P2.C17H26FN5O15P2/c1-10-11(2)21(43-14(5)34)25(45-20(10)16(42-13(4)33)6-40-12(3)32)46-49(38,39)47-48(36,37)41-7-15-17(26)19(35)24(44-15)31-9-30-18-22(27)28-8-29-23(18)31;18-7-6(35-16(9(7)26)23-4-22-8-14(19)20-3-21-15(8)23)2-34-39(30,31)38-40(32,33)37-17-12(29)10(27)11(28)13(36-17)5(25)1-24/h8-11,15-17,19-21,24-25,35H,6-7H2,1-5H3,(H,36,37)(H,38,39)(H2,27,28,29);3-7,9-13,16-17,24-29H,1-2H2,(H,30,31)(H,32,33)(H2,19,20,21)/t10-,11-,15+,16+,17+,19?,20?,21?,24+,25-;5-,6-,7-,9?,10+,11+,12?,13?,16-,17+/m01/s1. The minimum Gasteiger partial charge on any atom is -0.462 e. The van der Waals surface area contributed by atoms with E-state index in [1.54, 1.807) is 13.8 Å². The number of phosphoric ester groups is 4. The molecule has 41 nitrogen and oxygen atoms in total. The second kappa shape index (κ2) is 28.9. The summed E-state index contributed by atoms with van der Waals surface area (Å²) < 4.78 is 147. The van der Waals surface area contributed by atoms with Crippen molar-refractivity contribution in [3.05, 3.63) is 25.3 Å². The van der Waals surface area contributed by atoms with Crippen LogP contribution >= 0.6 is 31.3 Å². The molecule has 10 unspecified atom stereocenters. The highest BCUT2D eigenvalue weighted by Crippen LogP contribution is 2.63. The number of carbonyl (C=O) groups is 3. The van der Waals surface area contributed by atoms with Crippen molar-refractivity contribution < 1.29 is 157 Å². The molecule has 0 saturated carbocycles. The Kier molecular flexibility index (Phi) is 23.2. The largest absolute Gasteiger partial charge is 0.483 e. The summed E-state index contributed by atoms with van der Waals surface area (Å²) in [6.45, 7) is 2.75. The zero-order valence-electron chi connectivity index (χ0n) is 46.5. The molecule has 4 aromatic heterocycles. The smallest absolute Gasteiger partial charge is 0.462 e. The molecule has 0 radical (unpaired) electrons. The average molecular weight is 1360 g/mol. The lowest BCUT2D eigenvalue weighted by Gasteiger charge is -2.45. The molecule has 0 spiro atoms. The lowest BCUT2D eigenvalue weighted by atomic mass is 9.81. The minimum atomic E-state index is -5.69. The monoisotopic (exact) mass is 1360 g/mol. The highest BCUT2D eigenvalue weighted by Gasteiger charge is 2.54. The molecule has 8 rings (SSSR count). The van der Waals surface area contributed by atoms with E-state index in [4.69, 9.17) is 58.8 Å². The molecule has 4 aliphatic heterocycles. The molecule has 4 aromatic rings. The molecule has 0 aliphatic carbocycles. The van der Waals surface area contributed by atoms with Crippen LogP contribution in [0.2, 0.25) is 0 Å². The van der Waals surface area contributed by atoms with E-state index < -0.39 is 198 Å². The molecular weight excluding hydrogens is 1300 g/mol. The number of alkyl halides is 2. The number of anilines is 2. The van der Waals surface area contributed by atoms with Crippen molar-refractivity contribution in [2.75, 3.05) is 37.9 Å². The van der Waals surface area contributed by atoms with Crippen LogP contribution < -0.4 is 11.5 Å². The van der Waals surface area contributed by atoms with E-state index in [9.17, 15) is 87.2 Å². The van der Waals surface area contributed by atoms with Gasteiger partial charge in [0.1, 0.15) is 91.3 Å². The van der Waals surface area contributed by atoms with Crippen LogP contribution in [0.25, 0.3) is 22.3 Å². The number of nitrogen functional groups attached to an aromatic ring is 2. The van der Waals surface area contributed by atoms with Crippen molar-refractivity contribution in [1.29, 1.82) is 0 Å². The summed E-state index contributed by atoms with van der Waals surface area (Å²) in [5.41, 5.74) is 11.9. The predicted molar refractivity (Wildman–Crippen MR) is 279 cm³/mol. The first-order chi connectivity index (χ1) is 41.5. The maximum absolute atomic E-state index is 15.0. The first-order valence-corrected chi connectivity index (χ1v) is 31.8. The average Bonchev–Trinajstić information content (AvgIpc) is 2.07. The van der Waals surface area contributed by atoms with Gasteiger partial charge in [-0.1, -0.05) is 13.8 Å². The predicted octanol–water partition coefficient (Wildman–Crippen LogP) is -2.90. The van der Waals surface area contributed by atoms with Crippen LogP contribution in [0.1, 0.15) is 47.1 Å². The third-order valence-electron chi connectivity index (χ3n) is 13.6. The Bertz CT molecular complexity index is 3350. The Morgan fingerprint density at radius 3 is 1.52 bits per heavy atom. The fourth-order valence-electron chi connectivity index (χ4n) is 9.26. The Hall–Kier alpha value is -4.95. The summed E-state index contributed by atoms with van der Waals surface area (Å²) in [7, 11) is -22.5. The molecule has 15 N–H and O–H groups in total. The number of aliphatic hydroxyl groups excluding tert-OH is 7. The minimum absolute atomic E-state index is 0.00105. The molecule has 4 saturated heterocycles. The van der Waals surface area contributed by atoms with E-state index in [0.29, 0.717) is 0 Å². The number of aromatic nitrogens is 8. The maximum Gasteiger partial charge on any atom is 0.483 e. The van der Waals surface area contributed by atoms with Crippen LogP contribution in [0.5, 0.6) is 0 Å². The zero-order valence-corrected chi connectivity index (χ0v) is 50.1. The summed E-state index contributed by atoms with van der Waals surface area (Å²) in [5, 5.41) is 69.2. The van der Waals surface area contributed by atoms with Crippen LogP contribution in [-0.4, -0.2) is 237 Å². The van der Waals surface area contributed by atoms with Gasteiger partial charge in [0.25, 0.3) is 0 Å². The van der Waals surface area contributed by atoms with Gasteiger partial charge in [0.15, 0.2) is 66.2 Å². The molecule has 0 amide bonds. The number of nitrogens with zero attached hydrogens (tertiary/aromatic N) is 8. The van der Waals surface area contributed by atoms with Gasteiger partial charge in [0.05, 0.1) is 32.5 Å². The quantitative estimate of drug-likeness (QED) is 0.0201. The Labute approximate surface area is 498 Å². The number of rotatable bonds is 23. The highest BCUT2D eigenvalue weighted by molar-refractivity contribution is 7.61. The second-order valence-corrected chi connectivity index (χ2v) is 25.9. The number of hydrogen-bond donors (Lipinski definition) is 13. The molecule has 89 heavy (non-hydrogen) atoms. The normalized spacial score (nSPS) is 34.0. The van der Waals surface area contributed by atoms with E-state index in [0.717, 1.165) is 55.2 Å². The summed E-state index contributed by atoms with van der Waals surface area (Å²) in [6, 6.07) is 0. The lowest BCUT2D eigenvalue weighted by Crippen LogP contribution is -2.61. The van der Waals surface area contributed by atoms with E-state index in [-0.39, 0.29) is 34.0 Å². The number of aliphatic hydroxyl groups is 7. The number of imidazole rings is 2. The van der Waals surface area contributed by atoms with Crippen molar-refractivity contribution in [3.63, 3.8) is 0 Å².